The van der Waals surface area contributed by atoms with Gasteiger partial charge in [0.15, 0.2) is 0 Å². The lowest BCUT2D eigenvalue weighted by Crippen LogP contribution is -2.00. The van der Waals surface area contributed by atoms with Gasteiger partial charge in [-0.1, -0.05) is 53.5 Å². The zero-order valence-corrected chi connectivity index (χ0v) is 11.3. The van der Waals surface area contributed by atoms with E-state index in [9.17, 15) is 8.78 Å². The van der Waals surface area contributed by atoms with E-state index in [1.165, 1.54) is 12.1 Å². The van der Waals surface area contributed by atoms with Gasteiger partial charge in [0.1, 0.15) is 0 Å². The second-order valence-corrected chi connectivity index (χ2v) is 4.78. The van der Waals surface area contributed by atoms with Gasteiger partial charge in [-0.25, -0.2) is 8.78 Å². The number of halogens is 4. The topological polar surface area (TPSA) is 12.0 Å². The molecule has 5 heteroatoms. The van der Waals surface area contributed by atoms with Gasteiger partial charge in [0.05, 0.1) is 15.7 Å². The van der Waals surface area contributed by atoms with Crippen LogP contribution in [0.15, 0.2) is 42.5 Å². The second-order valence-electron chi connectivity index (χ2n) is 4.00. The van der Waals surface area contributed by atoms with Crippen molar-refractivity contribution in [3.8, 4) is 0 Å². The highest BCUT2D eigenvalue weighted by Crippen LogP contribution is 2.29. The standard InChI is InChI=1S/C14H11Cl2F2N/c15-11-2-1-3-12(13(11)16)19-8-9-4-6-10(7-5-9)14(17)18/h1-7,14,19H,8H2. The molecule has 0 aromatic heterocycles. The van der Waals surface area contributed by atoms with E-state index in [0.29, 0.717) is 22.3 Å². The molecule has 0 aliphatic heterocycles. The van der Waals surface area contributed by atoms with Gasteiger partial charge in [-0.2, -0.15) is 0 Å². The van der Waals surface area contributed by atoms with E-state index < -0.39 is 6.43 Å². The van der Waals surface area contributed by atoms with E-state index in [4.69, 9.17) is 23.2 Å². The highest BCUT2D eigenvalue weighted by Gasteiger charge is 2.06. The summed E-state index contributed by atoms with van der Waals surface area (Å²) in [5, 5.41) is 4.04. The largest absolute Gasteiger partial charge is 0.380 e. The Morgan fingerprint density at radius 2 is 1.68 bits per heavy atom. The lowest BCUT2D eigenvalue weighted by atomic mass is 10.1. The highest BCUT2D eigenvalue weighted by atomic mass is 35.5. The fourth-order valence-corrected chi connectivity index (χ4v) is 1.99. The van der Waals surface area contributed by atoms with Crippen LogP contribution in [0.5, 0.6) is 0 Å². The van der Waals surface area contributed by atoms with Crippen molar-refractivity contribution in [3.05, 3.63) is 63.6 Å². The minimum Gasteiger partial charge on any atom is -0.380 e. The highest BCUT2D eigenvalue weighted by molar-refractivity contribution is 6.43. The molecular weight excluding hydrogens is 291 g/mol. The SMILES string of the molecule is FC(F)c1ccc(CNc2cccc(Cl)c2Cl)cc1. The molecule has 2 rings (SSSR count). The van der Waals surface area contributed by atoms with Crippen LogP contribution in [0.1, 0.15) is 17.6 Å². The maximum atomic E-state index is 12.4. The van der Waals surface area contributed by atoms with Crippen LogP contribution in [0.2, 0.25) is 10.0 Å². The second kappa shape index (κ2) is 6.22. The number of anilines is 1. The van der Waals surface area contributed by atoms with Crippen LogP contribution in [0.4, 0.5) is 14.5 Å². The molecule has 0 saturated heterocycles. The number of hydrogen-bond donors (Lipinski definition) is 1. The molecule has 0 saturated carbocycles. The average molecular weight is 302 g/mol. The van der Waals surface area contributed by atoms with Crippen LogP contribution < -0.4 is 5.32 Å². The normalized spacial score (nSPS) is 10.8. The number of benzene rings is 2. The average Bonchev–Trinajstić information content (AvgIpc) is 2.41. The number of alkyl halides is 2. The van der Waals surface area contributed by atoms with Crippen molar-refractivity contribution in [2.24, 2.45) is 0 Å². The van der Waals surface area contributed by atoms with E-state index in [1.54, 1.807) is 24.3 Å². The van der Waals surface area contributed by atoms with Crippen molar-refractivity contribution in [3.63, 3.8) is 0 Å². The van der Waals surface area contributed by atoms with Crippen LogP contribution in [0.3, 0.4) is 0 Å². The first-order valence-electron chi connectivity index (χ1n) is 5.63. The summed E-state index contributed by atoms with van der Waals surface area (Å²) in [5.74, 6) is 0. The first-order chi connectivity index (χ1) is 9.08. The van der Waals surface area contributed by atoms with E-state index in [1.807, 2.05) is 6.07 Å². The predicted molar refractivity (Wildman–Crippen MR) is 75.2 cm³/mol. The monoisotopic (exact) mass is 301 g/mol. The van der Waals surface area contributed by atoms with Gasteiger partial charge < -0.3 is 5.32 Å². The fraction of sp³-hybridized carbons (Fsp3) is 0.143. The van der Waals surface area contributed by atoms with Gasteiger partial charge in [-0.05, 0) is 17.7 Å². The molecule has 0 aliphatic carbocycles. The summed E-state index contributed by atoms with van der Waals surface area (Å²) in [5.41, 5.74) is 1.62. The molecule has 0 heterocycles. The van der Waals surface area contributed by atoms with Crippen molar-refractivity contribution in [1.29, 1.82) is 0 Å². The van der Waals surface area contributed by atoms with Crippen LogP contribution >= 0.6 is 23.2 Å². The third-order valence-corrected chi connectivity index (χ3v) is 3.49. The minimum absolute atomic E-state index is 0.0181. The van der Waals surface area contributed by atoms with Crippen molar-refractivity contribution in [2.75, 3.05) is 5.32 Å². The Morgan fingerprint density at radius 3 is 2.32 bits per heavy atom. The number of hydrogen-bond acceptors (Lipinski definition) is 1. The lowest BCUT2D eigenvalue weighted by molar-refractivity contribution is 0.151. The van der Waals surface area contributed by atoms with Crippen LogP contribution in [-0.2, 0) is 6.54 Å². The summed E-state index contributed by atoms with van der Waals surface area (Å²) in [6, 6.07) is 11.5. The van der Waals surface area contributed by atoms with Gasteiger partial charge in [0.2, 0.25) is 0 Å². The van der Waals surface area contributed by atoms with Gasteiger partial charge in [-0.3, -0.25) is 0 Å². The Morgan fingerprint density at radius 1 is 1.00 bits per heavy atom. The number of rotatable bonds is 4. The molecule has 0 atom stereocenters. The maximum Gasteiger partial charge on any atom is 0.263 e. The fourth-order valence-electron chi connectivity index (χ4n) is 1.62. The summed E-state index contributed by atoms with van der Waals surface area (Å²) in [7, 11) is 0. The van der Waals surface area contributed by atoms with Crippen LogP contribution in [0.25, 0.3) is 0 Å². The van der Waals surface area contributed by atoms with Gasteiger partial charge in [0.25, 0.3) is 6.43 Å². The molecule has 0 bridgehead atoms. The molecule has 0 spiro atoms. The molecule has 0 fully saturated rings. The third-order valence-electron chi connectivity index (χ3n) is 2.67. The Bertz CT molecular complexity index is 556. The predicted octanol–water partition coefficient (Wildman–Crippen LogP) is 5.54. The zero-order chi connectivity index (χ0) is 13.8. The molecule has 1 nitrogen and oxygen atoms in total. The van der Waals surface area contributed by atoms with E-state index in [0.717, 1.165) is 5.56 Å². The van der Waals surface area contributed by atoms with E-state index >= 15 is 0 Å². The Hall–Kier alpha value is -1.32. The van der Waals surface area contributed by atoms with E-state index in [2.05, 4.69) is 5.32 Å². The molecule has 2 aromatic rings. The Balaban J connectivity index is 2.04. The van der Waals surface area contributed by atoms with E-state index in [-0.39, 0.29) is 5.56 Å². The molecular formula is C14H11Cl2F2N. The first-order valence-corrected chi connectivity index (χ1v) is 6.38. The van der Waals surface area contributed by atoms with Crippen LogP contribution in [-0.4, -0.2) is 0 Å². The molecule has 100 valence electrons. The first kappa shape index (κ1) is 14.1. The summed E-state index contributed by atoms with van der Waals surface area (Å²) in [6.07, 6.45) is -2.44. The third kappa shape index (κ3) is 3.58. The lowest BCUT2D eigenvalue weighted by Gasteiger charge is -2.09. The molecule has 0 aliphatic rings. The van der Waals surface area contributed by atoms with Gasteiger partial charge in [-0.15, -0.1) is 0 Å². The summed E-state index contributed by atoms with van der Waals surface area (Å²) in [4.78, 5) is 0. The summed E-state index contributed by atoms with van der Waals surface area (Å²) >= 11 is 11.9. The van der Waals surface area contributed by atoms with Crippen molar-refractivity contribution in [1.82, 2.24) is 0 Å². The van der Waals surface area contributed by atoms with Crippen molar-refractivity contribution in [2.45, 2.75) is 13.0 Å². The minimum atomic E-state index is -2.44. The zero-order valence-electron chi connectivity index (χ0n) is 9.84. The molecule has 1 N–H and O–H groups in total. The van der Waals surface area contributed by atoms with Crippen LogP contribution in [0, 0.1) is 0 Å². The van der Waals surface area contributed by atoms with Gasteiger partial charge in [0, 0.05) is 12.1 Å². The molecule has 19 heavy (non-hydrogen) atoms. The Kier molecular flexibility index (Phi) is 4.61. The quantitative estimate of drug-likeness (QED) is 0.781. The smallest absolute Gasteiger partial charge is 0.263 e. The Labute approximate surface area is 120 Å². The molecule has 0 radical (unpaired) electrons. The summed E-state index contributed by atoms with van der Waals surface area (Å²) in [6.45, 7) is 0.490. The molecule has 2 aromatic carbocycles. The van der Waals surface area contributed by atoms with Crippen molar-refractivity contribution < 1.29 is 8.78 Å². The number of nitrogens with one attached hydrogen (secondary N) is 1. The summed E-state index contributed by atoms with van der Waals surface area (Å²) < 4.78 is 24.8. The van der Waals surface area contributed by atoms with Gasteiger partial charge >= 0.3 is 0 Å². The maximum absolute atomic E-state index is 12.4. The van der Waals surface area contributed by atoms with Crippen molar-refractivity contribution >= 4 is 28.9 Å². The molecule has 0 amide bonds. The molecule has 0 unspecified atom stereocenters.